The highest BCUT2D eigenvalue weighted by Gasteiger charge is 2.31. The second-order valence-corrected chi connectivity index (χ2v) is 5.69. The molecule has 0 spiro atoms. The Morgan fingerprint density at radius 3 is 2.38 bits per heavy atom. The zero-order chi connectivity index (χ0) is 11.4. The predicted octanol–water partition coefficient (Wildman–Crippen LogP) is 2.80. The van der Waals surface area contributed by atoms with E-state index in [-0.39, 0.29) is 6.10 Å². The number of aliphatic hydroxyl groups excluding tert-OH is 1. The molecule has 1 unspecified atom stereocenters. The van der Waals surface area contributed by atoms with Crippen molar-refractivity contribution in [2.45, 2.75) is 70.4 Å². The van der Waals surface area contributed by atoms with Gasteiger partial charge in [-0.15, -0.1) is 0 Å². The molecule has 0 aromatic heterocycles. The van der Waals surface area contributed by atoms with Gasteiger partial charge in [0.1, 0.15) is 0 Å². The summed E-state index contributed by atoms with van der Waals surface area (Å²) in [5.41, 5.74) is 0. The first-order valence-electron chi connectivity index (χ1n) is 7.23. The topological polar surface area (TPSA) is 23.5 Å². The molecule has 0 amide bonds. The van der Waals surface area contributed by atoms with Gasteiger partial charge in [-0.25, -0.2) is 0 Å². The lowest BCUT2D eigenvalue weighted by Crippen LogP contribution is -2.39. The highest BCUT2D eigenvalue weighted by atomic mass is 16.3. The van der Waals surface area contributed by atoms with Crippen molar-refractivity contribution in [2.75, 3.05) is 13.1 Å². The molecule has 1 atom stereocenters. The van der Waals surface area contributed by atoms with E-state index in [9.17, 15) is 5.11 Å². The first-order chi connectivity index (χ1) is 7.81. The summed E-state index contributed by atoms with van der Waals surface area (Å²) in [7, 11) is 0. The molecule has 0 aliphatic heterocycles. The van der Waals surface area contributed by atoms with Crippen LogP contribution >= 0.6 is 0 Å². The average molecular weight is 225 g/mol. The van der Waals surface area contributed by atoms with Crippen LogP contribution in [0.4, 0.5) is 0 Å². The van der Waals surface area contributed by atoms with Gasteiger partial charge in [0.25, 0.3) is 0 Å². The van der Waals surface area contributed by atoms with Gasteiger partial charge < -0.3 is 5.11 Å². The molecule has 2 aliphatic rings. The summed E-state index contributed by atoms with van der Waals surface area (Å²) in [6.45, 7) is 4.35. The number of rotatable bonds is 6. The predicted molar refractivity (Wildman–Crippen MR) is 67.5 cm³/mol. The molecule has 16 heavy (non-hydrogen) atoms. The Hall–Kier alpha value is -0.0800. The van der Waals surface area contributed by atoms with E-state index in [1.54, 1.807) is 0 Å². The molecule has 2 aliphatic carbocycles. The van der Waals surface area contributed by atoms with Crippen molar-refractivity contribution in [2.24, 2.45) is 5.92 Å². The molecule has 0 aromatic carbocycles. The maximum absolute atomic E-state index is 10.3. The normalized spacial score (nSPS) is 24.9. The Balaban J connectivity index is 1.76. The minimum absolute atomic E-state index is 0.0625. The Kier molecular flexibility index (Phi) is 4.66. The molecular formula is C14H27NO. The number of aliphatic hydroxyl groups is 1. The Morgan fingerprint density at radius 1 is 1.12 bits per heavy atom. The summed E-state index contributed by atoms with van der Waals surface area (Å²) in [4.78, 5) is 2.53. The van der Waals surface area contributed by atoms with Gasteiger partial charge >= 0.3 is 0 Å². The molecule has 0 radical (unpaired) electrons. The van der Waals surface area contributed by atoms with Gasteiger partial charge in [0.05, 0.1) is 6.10 Å². The molecule has 2 fully saturated rings. The van der Waals surface area contributed by atoms with Crippen LogP contribution in [0.1, 0.15) is 58.3 Å². The minimum Gasteiger partial charge on any atom is -0.392 e. The van der Waals surface area contributed by atoms with E-state index in [0.717, 1.165) is 12.6 Å². The van der Waals surface area contributed by atoms with Crippen molar-refractivity contribution in [3.05, 3.63) is 0 Å². The van der Waals surface area contributed by atoms with E-state index < -0.39 is 0 Å². The summed E-state index contributed by atoms with van der Waals surface area (Å²) < 4.78 is 0. The zero-order valence-corrected chi connectivity index (χ0v) is 10.7. The van der Waals surface area contributed by atoms with Crippen LogP contribution in [0, 0.1) is 5.92 Å². The van der Waals surface area contributed by atoms with Crippen molar-refractivity contribution >= 4 is 0 Å². The second kappa shape index (κ2) is 6.02. The van der Waals surface area contributed by atoms with Crippen LogP contribution in [0.25, 0.3) is 0 Å². The van der Waals surface area contributed by atoms with E-state index in [1.807, 2.05) is 0 Å². The van der Waals surface area contributed by atoms with Crippen molar-refractivity contribution in [3.8, 4) is 0 Å². The number of nitrogens with zero attached hydrogens (tertiary/aromatic N) is 1. The summed E-state index contributed by atoms with van der Waals surface area (Å²) in [5, 5.41) is 10.3. The third-order valence-electron chi connectivity index (χ3n) is 4.19. The largest absolute Gasteiger partial charge is 0.392 e. The van der Waals surface area contributed by atoms with E-state index in [2.05, 4.69) is 11.8 Å². The van der Waals surface area contributed by atoms with E-state index in [4.69, 9.17) is 0 Å². The molecule has 2 heteroatoms. The van der Waals surface area contributed by atoms with Crippen molar-refractivity contribution in [1.82, 2.24) is 4.90 Å². The third-order valence-corrected chi connectivity index (χ3v) is 4.19. The minimum atomic E-state index is -0.0625. The Bertz CT molecular complexity index is 197. The fourth-order valence-corrected chi connectivity index (χ4v) is 3.06. The SMILES string of the molecule is CCCN(CC(O)C1CCCCC1)C1CC1. The zero-order valence-electron chi connectivity index (χ0n) is 10.7. The van der Waals surface area contributed by atoms with Gasteiger partial charge in [0.2, 0.25) is 0 Å². The molecular weight excluding hydrogens is 198 g/mol. The quantitative estimate of drug-likeness (QED) is 0.751. The van der Waals surface area contributed by atoms with Gasteiger partial charge in [0.15, 0.2) is 0 Å². The highest BCUT2D eigenvalue weighted by molar-refractivity contribution is 4.87. The van der Waals surface area contributed by atoms with Crippen LogP contribution < -0.4 is 0 Å². The molecule has 0 saturated heterocycles. The van der Waals surface area contributed by atoms with E-state index >= 15 is 0 Å². The summed E-state index contributed by atoms with van der Waals surface area (Å²) in [6, 6.07) is 0.804. The van der Waals surface area contributed by atoms with Crippen LogP contribution in [0.5, 0.6) is 0 Å². The van der Waals surface area contributed by atoms with Gasteiger partial charge in [-0.2, -0.15) is 0 Å². The lowest BCUT2D eigenvalue weighted by molar-refractivity contribution is 0.0450. The van der Waals surface area contributed by atoms with Gasteiger partial charge in [0, 0.05) is 12.6 Å². The lowest BCUT2D eigenvalue weighted by atomic mass is 9.85. The van der Waals surface area contributed by atoms with Crippen LogP contribution in [-0.2, 0) is 0 Å². The first-order valence-corrected chi connectivity index (χ1v) is 7.23. The molecule has 0 heterocycles. The van der Waals surface area contributed by atoms with Crippen LogP contribution in [0.3, 0.4) is 0 Å². The summed E-state index contributed by atoms with van der Waals surface area (Å²) >= 11 is 0. The fraction of sp³-hybridized carbons (Fsp3) is 1.00. The molecule has 2 nitrogen and oxygen atoms in total. The number of hydrogen-bond acceptors (Lipinski definition) is 2. The lowest BCUT2D eigenvalue weighted by Gasteiger charge is -2.31. The molecule has 1 N–H and O–H groups in total. The third kappa shape index (κ3) is 3.46. The maximum atomic E-state index is 10.3. The van der Waals surface area contributed by atoms with Gasteiger partial charge in [-0.05, 0) is 44.6 Å². The number of hydrogen-bond donors (Lipinski definition) is 1. The molecule has 2 rings (SSSR count). The Labute approximate surface area is 100 Å². The summed E-state index contributed by atoms with van der Waals surface area (Å²) in [6.07, 6.45) is 10.4. The van der Waals surface area contributed by atoms with Crippen molar-refractivity contribution in [3.63, 3.8) is 0 Å². The van der Waals surface area contributed by atoms with Crippen LogP contribution in [0.2, 0.25) is 0 Å². The molecule has 2 saturated carbocycles. The average Bonchev–Trinajstić information content (AvgIpc) is 3.13. The van der Waals surface area contributed by atoms with Crippen molar-refractivity contribution in [1.29, 1.82) is 0 Å². The van der Waals surface area contributed by atoms with E-state index in [1.165, 1.54) is 57.9 Å². The fourth-order valence-electron chi connectivity index (χ4n) is 3.06. The standard InChI is InChI=1S/C14H27NO/c1-2-10-15(13-8-9-13)11-14(16)12-6-4-3-5-7-12/h12-14,16H,2-11H2,1H3. The van der Waals surface area contributed by atoms with Gasteiger partial charge in [-0.1, -0.05) is 26.2 Å². The first kappa shape index (κ1) is 12.4. The van der Waals surface area contributed by atoms with Crippen LogP contribution in [-0.4, -0.2) is 35.2 Å². The summed E-state index contributed by atoms with van der Waals surface area (Å²) in [5.74, 6) is 0.590. The molecule has 0 aromatic rings. The monoisotopic (exact) mass is 225 g/mol. The van der Waals surface area contributed by atoms with Crippen molar-refractivity contribution < 1.29 is 5.11 Å². The van der Waals surface area contributed by atoms with E-state index in [0.29, 0.717) is 5.92 Å². The Morgan fingerprint density at radius 2 is 1.81 bits per heavy atom. The van der Waals surface area contributed by atoms with Crippen LogP contribution in [0.15, 0.2) is 0 Å². The van der Waals surface area contributed by atoms with Gasteiger partial charge in [-0.3, -0.25) is 4.90 Å². The highest BCUT2D eigenvalue weighted by Crippen LogP contribution is 2.30. The molecule has 94 valence electrons. The second-order valence-electron chi connectivity index (χ2n) is 5.69. The smallest absolute Gasteiger partial charge is 0.0695 e. The molecule has 0 bridgehead atoms. The maximum Gasteiger partial charge on any atom is 0.0695 e.